The molecule has 1 aromatic carbocycles. The topological polar surface area (TPSA) is 15.3 Å². The van der Waals surface area contributed by atoms with E-state index in [1.54, 1.807) is 0 Å². The fourth-order valence-corrected chi connectivity index (χ4v) is 3.31. The first-order valence-electron chi connectivity index (χ1n) is 8.25. The highest BCUT2D eigenvalue weighted by molar-refractivity contribution is 5.24. The van der Waals surface area contributed by atoms with Crippen molar-refractivity contribution in [3.63, 3.8) is 0 Å². The minimum Gasteiger partial charge on any atom is -0.309 e. The van der Waals surface area contributed by atoms with Crippen LogP contribution in [0.5, 0.6) is 0 Å². The van der Waals surface area contributed by atoms with Crippen molar-refractivity contribution < 1.29 is 0 Å². The van der Waals surface area contributed by atoms with E-state index in [-0.39, 0.29) is 0 Å². The predicted octanol–water partition coefficient (Wildman–Crippen LogP) is 3.77. The van der Waals surface area contributed by atoms with E-state index in [9.17, 15) is 0 Å². The number of aryl methyl sites for hydroxylation is 1. The van der Waals surface area contributed by atoms with Gasteiger partial charge >= 0.3 is 0 Å². The predicted molar refractivity (Wildman–Crippen MR) is 87.1 cm³/mol. The van der Waals surface area contributed by atoms with E-state index in [0.29, 0.717) is 6.04 Å². The van der Waals surface area contributed by atoms with E-state index >= 15 is 0 Å². The van der Waals surface area contributed by atoms with Crippen LogP contribution in [0, 0.1) is 12.8 Å². The summed E-state index contributed by atoms with van der Waals surface area (Å²) in [7, 11) is 0. The summed E-state index contributed by atoms with van der Waals surface area (Å²) in [5, 5.41) is 3.65. The zero-order chi connectivity index (χ0) is 14.4. The van der Waals surface area contributed by atoms with Crippen molar-refractivity contribution in [2.24, 2.45) is 5.92 Å². The Balaban J connectivity index is 1.94. The highest BCUT2D eigenvalue weighted by atomic mass is 15.2. The van der Waals surface area contributed by atoms with Crippen LogP contribution in [0.2, 0.25) is 0 Å². The van der Waals surface area contributed by atoms with Crippen LogP contribution in [0.3, 0.4) is 0 Å². The van der Waals surface area contributed by atoms with Gasteiger partial charge in [0, 0.05) is 19.1 Å². The molecular weight excluding hydrogens is 244 g/mol. The van der Waals surface area contributed by atoms with Gasteiger partial charge < -0.3 is 10.2 Å². The van der Waals surface area contributed by atoms with Gasteiger partial charge in [-0.05, 0) is 44.3 Å². The molecule has 0 bridgehead atoms. The number of likely N-dealkylation sites (N-methyl/N-ethyl adjacent to an activating group) is 1. The van der Waals surface area contributed by atoms with Crippen molar-refractivity contribution in [2.75, 3.05) is 26.2 Å². The molecule has 0 saturated carbocycles. The van der Waals surface area contributed by atoms with Crippen molar-refractivity contribution in [3.8, 4) is 0 Å². The third kappa shape index (κ3) is 4.32. The van der Waals surface area contributed by atoms with Gasteiger partial charge in [0.2, 0.25) is 0 Å². The first kappa shape index (κ1) is 15.5. The summed E-state index contributed by atoms with van der Waals surface area (Å²) in [4.78, 5) is 2.65. The van der Waals surface area contributed by atoms with Crippen molar-refractivity contribution in [1.29, 1.82) is 0 Å². The van der Waals surface area contributed by atoms with E-state index in [1.807, 2.05) is 0 Å². The number of hydrogen-bond donors (Lipinski definition) is 1. The van der Waals surface area contributed by atoms with Crippen LogP contribution in [-0.2, 0) is 0 Å². The van der Waals surface area contributed by atoms with Gasteiger partial charge in [-0.1, -0.05) is 50.1 Å². The molecule has 1 aliphatic heterocycles. The molecule has 0 aromatic heterocycles. The van der Waals surface area contributed by atoms with Crippen molar-refractivity contribution >= 4 is 0 Å². The summed E-state index contributed by atoms with van der Waals surface area (Å²) in [6.07, 6.45) is 4.11. The molecule has 2 heteroatoms. The van der Waals surface area contributed by atoms with E-state index in [4.69, 9.17) is 0 Å². The Labute approximate surface area is 124 Å². The number of hydrogen-bond acceptors (Lipinski definition) is 2. The monoisotopic (exact) mass is 274 g/mol. The van der Waals surface area contributed by atoms with Gasteiger partial charge in [-0.3, -0.25) is 0 Å². The van der Waals surface area contributed by atoms with Crippen LogP contribution in [0.1, 0.15) is 50.3 Å². The maximum atomic E-state index is 3.65. The highest BCUT2D eigenvalue weighted by Crippen LogP contribution is 2.23. The molecule has 1 aliphatic rings. The van der Waals surface area contributed by atoms with Crippen LogP contribution < -0.4 is 5.32 Å². The van der Waals surface area contributed by atoms with E-state index in [0.717, 1.165) is 19.0 Å². The highest BCUT2D eigenvalue weighted by Gasteiger charge is 2.24. The second-order valence-corrected chi connectivity index (χ2v) is 6.22. The first-order valence-corrected chi connectivity index (χ1v) is 8.25. The largest absolute Gasteiger partial charge is 0.309 e. The van der Waals surface area contributed by atoms with Gasteiger partial charge in [0.25, 0.3) is 0 Å². The summed E-state index contributed by atoms with van der Waals surface area (Å²) >= 11 is 0. The third-order valence-electron chi connectivity index (χ3n) is 4.44. The molecule has 2 nitrogen and oxygen atoms in total. The summed E-state index contributed by atoms with van der Waals surface area (Å²) in [5.74, 6) is 0.931. The standard InChI is InChI=1S/C18H30N2/c1-4-6-16-11-12-20(13-16)14-18(19-5-2)17-9-7-15(3)8-10-17/h7-10,16,18-19H,4-6,11-14H2,1-3H3. The molecule has 1 heterocycles. The smallest absolute Gasteiger partial charge is 0.0449 e. The first-order chi connectivity index (χ1) is 9.72. The van der Waals surface area contributed by atoms with Gasteiger partial charge in [-0.15, -0.1) is 0 Å². The lowest BCUT2D eigenvalue weighted by molar-refractivity contribution is 0.281. The Bertz CT molecular complexity index is 385. The third-order valence-corrected chi connectivity index (χ3v) is 4.44. The normalized spacial score (nSPS) is 21.2. The number of nitrogens with zero attached hydrogens (tertiary/aromatic N) is 1. The Morgan fingerprint density at radius 1 is 1.25 bits per heavy atom. The van der Waals surface area contributed by atoms with E-state index in [2.05, 4.69) is 55.3 Å². The second-order valence-electron chi connectivity index (χ2n) is 6.22. The number of likely N-dealkylation sites (tertiary alicyclic amines) is 1. The Morgan fingerprint density at radius 3 is 2.65 bits per heavy atom. The molecule has 2 unspecified atom stereocenters. The fourth-order valence-electron chi connectivity index (χ4n) is 3.31. The molecule has 20 heavy (non-hydrogen) atoms. The summed E-state index contributed by atoms with van der Waals surface area (Å²) < 4.78 is 0. The molecule has 0 radical (unpaired) electrons. The molecule has 1 N–H and O–H groups in total. The van der Waals surface area contributed by atoms with Crippen LogP contribution in [0.15, 0.2) is 24.3 Å². The Hall–Kier alpha value is -0.860. The minimum atomic E-state index is 0.473. The molecule has 1 saturated heterocycles. The summed E-state index contributed by atoms with van der Waals surface area (Å²) in [5.41, 5.74) is 2.77. The Kier molecular flexibility index (Phi) is 6.06. The average molecular weight is 274 g/mol. The molecule has 2 rings (SSSR count). The quantitative estimate of drug-likeness (QED) is 0.814. The molecule has 1 fully saturated rings. The average Bonchev–Trinajstić information content (AvgIpc) is 2.87. The SMILES string of the molecule is CCCC1CCN(CC(NCC)c2ccc(C)cc2)C1. The lowest BCUT2D eigenvalue weighted by Gasteiger charge is -2.25. The summed E-state index contributed by atoms with van der Waals surface area (Å²) in [6, 6.07) is 9.48. The lowest BCUT2D eigenvalue weighted by atomic mass is 10.0. The van der Waals surface area contributed by atoms with Crippen LogP contribution in [-0.4, -0.2) is 31.1 Å². The zero-order valence-corrected chi connectivity index (χ0v) is 13.4. The van der Waals surface area contributed by atoms with Gasteiger partial charge in [0.05, 0.1) is 0 Å². The van der Waals surface area contributed by atoms with Crippen molar-refractivity contribution in [2.45, 2.75) is 46.1 Å². The van der Waals surface area contributed by atoms with Crippen molar-refractivity contribution in [1.82, 2.24) is 10.2 Å². The van der Waals surface area contributed by atoms with Crippen LogP contribution in [0.25, 0.3) is 0 Å². The molecule has 0 aliphatic carbocycles. The fraction of sp³-hybridized carbons (Fsp3) is 0.667. The second kappa shape index (κ2) is 7.80. The van der Waals surface area contributed by atoms with E-state index < -0.39 is 0 Å². The molecular formula is C18H30N2. The van der Waals surface area contributed by atoms with Crippen LogP contribution in [0.4, 0.5) is 0 Å². The lowest BCUT2D eigenvalue weighted by Crippen LogP contribution is -2.34. The number of nitrogens with one attached hydrogen (secondary N) is 1. The number of rotatable bonds is 7. The van der Waals surface area contributed by atoms with Gasteiger partial charge in [-0.2, -0.15) is 0 Å². The maximum absolute atomic E-state index is 3.65. The minimum absolute atomic E-state index is 0.473. The molecule has 112 valence electrons. The van der Waals surface area contributed by atoms with Gasteiger partial charge in [0.1, 0.15) is 0 Å². The molecule has 1 aromatic rings. The van der Waals surface area contributed by atoms with Gasteiger partial charge in [-0.25, -0.2) is 0 Å². The van der Waals surface area contributed by atoms with Crippen LogP contribution >= 0.6 is 0 Å². The summed E-state index contributed by atoms with van der Waals surface area (Å²) in [6.45, 7) is 11.4. The molecule has 0 amide bonds. The van der Waals surface area contributed by atoms with E-state index in [1.165, 1.54) is 43.5 Å². The molecule has 2 atom stereocenters. The van der Waals surface area contributed by atoms with Crippen molar-refractivity contribution in [3.05, 3.63) is 35.4 Å². The maximum Gasteiger partial charge on any atom is 0.0449 e. The Morgan fingerprint density at radius 2 is 2.00 bits per heavy atom. The number of benzene rings is 1. The zero-order valence-electron chi connectivity index (χ0n) is 13.4. The molecule has 0 spiro atoms. The van der Waals surface area contributed by atoms with Gasteiger partial charge in [0.15, 0.2) is 0 Å².